The Kier molecular flexibility index (Phi) is 10.9. The molecule has 0 aliphatic rings. The van der Waals surface area contributed by atoms with Crippen LogP contribution in [-0.4, -0.2) is 41.7 Å². The van der Waals surface area contributed by atoms with Crippen LogP contribution >= 0.6 is 11.8 Å². The Morgan fingerprint density at radius 3 is 2.58 bits per heavy atom. The van der Waals surface area contributed by atoms with Gasteiger partial charge in [0.1, 0.15) is 6.04 Å². The summed E-state index contributed by atoms with van der Waals surface area (Å²) in [6, 6.07) is -1.50. The summed E-state index contributed by atoms with van der Waals surface area (Å²) in [7, 11) is 0. The third kappa shape index (κ3) is 10.3. The second-order valence-corrected chi connectivity index (χ2v) is 5.09. The van der Waals surface area contributed by atoms with E-state index in [1.807, 2.05) is 11.8 Å². The molecule has 1 atom stereocenters. The number of rotatable bonds is 10. The molecule has 5 nitrogen and oxygen atoms in total. The normalized spacial score (nSPS) is 11.4. The highest BCUT2D eigenvalue weighted by atomic mass is 32.2. The number of carboxylic acid groups (broad SMARTS) is 1. The molecule has 0 saturated carbocycles. The number of carbonyl (C=O) groups is 2. The van der Waals surface area contributed by atoms with Crippen LogP contribution in [0, 0.1) is 12.3 Å². The highest BCUT2D eigenvalue weighted by Gasteiger charge is 2.17. The lowest BCUT2D eigenvalue weighted by Crippen LogP contribution is -2.46. The predicted molar refractivity (Wildman–Crippen MR) is 78.3 cm³/mol. The molecule has 108 valence electrons. The van der Waals surface area contributed by atoms with Crippen molar-refractivity contribution in [3.8, 4) is 12.3 Å². The molecule has 0 aromatic heterocycles. The highest BCUT2D eigenvalue weighted by molar-refractivity contribution is 7.98. The topological polar surface area (TPSA) is 78.4 Å². The summed E-state index contributed by atoms with van der Waals surface area (Å²) in [5.41, 5.74) is 0. The van der Waals surface area contributed by atoms with E-state index in [0.29, 0.717) is 6.54 Å². The molecule has 0 spiro atoms. The minimum atomic E-state index is -1.12. The second-order valence-electron chi connectivity index (χ2n) is 4.11. The number of unbranched alkanes of at least 4 members (excludes halogenated alkanes) is 3. The fourth-order valence-corrected chi connectivity index (χ4v) is 1.95. The highest BCUT2D eigenvalue weighted by Crippen LogP contribution is 2.03. The van der Waals surface area contributed by atoms with Crippen LogP contribution in [0.4, 0.5) is 4.79 Å². The van der Waals surface area contributed by atoms with Gasteiger partial charge >= 0.3 is 12.0 Å². The first-order valence-corrected chi connectivity index (χ1v) is 7.70. The van der Waals surface area contributed by atoms with Crippen molar-refractivity contribution in [2.24, 2.45) is 0 Å². The molecule has 1 unspecified atom stereocenters. The third-order valence-electron chi connectivity index (χ3n) is 2.49. The number of hydrogen-bond acceptors (Lipinski definition) is 3. The summed E-state index contributed by atoms with van der Waals surface area (Å²) in [4.78, 5) is 22.2. The summed E-state index contributed by atoms with van der Waals surface area (Å²) in [5.74, 6) is 2.27. The lowest BCUT2D eigenvalue weighted by molar-refractivity contribution is -0.139. The van der Waals surface area contributed by atoms with E-state index in [1.165, 1.54) is 12.2 Å². The maximum Gasteiger partial charge on any atom is 0.327 e. The van der Waals surface area contributed by atoms with Crippen LogP contribution in [-0.2, 0) is 4.79 Å². The van der Waals surface area contributed by atoms with Crippen molar-refractivity contribution in [3.05, 3.63) is 0 Å². The van der Waals surface area contributed by atoms with Crippen molar-refractivity contribution in [2.75, 3.05) is 18.6 Å². The predicted octanol–water partition coefficient (Wildman–Crippen LogP) is 1.69. The minimum absolute atomic E-state index is 0.0164. The van der Waals surface area contributed by atoms with Gasteiger partial charge in [0.25, 0.3) is 0 Å². The standard InChI is InChI=1S/C13H22N2O3S/c1-3-8-11(12(16)17)15-13(18)14-9-6-4-5-7-10-19-2/h1,11H,4-10H2,2H3,(H,16,17)(H2,14,15,18). The summed E-state index contributed by atoms with van der Waals surface area (Å²) in [5, 5.41) is 13.8. The number of urea groups is 1. The number of aliphatic carboxylic acids is 1. The molecular weight excluding hydrogens is 264 g/mol. The van der Waals surface area contributed by atoms with E-state index in [4.69, 9.17) is 11.5 Å². The molecule has 6 heteroatoms. The van der Waals surface area contributed by atoms with Crippen LogP contribution in [0.25, 0.3) is 0 Å². The maximum absolute atomic E-state index is 11.4. The number of amides is 2. The van der Waals surface area contributed by atoms with E-state index in [-0.39, 0.29) is 6.42 Å². The fourth-order valence-electron chi connectivity index (χ4n) is 1.45. The summed E-state index contributed by atoms with van der Waals surface area (Å²) in [6.45, 7) is 0.549. The number of carboxylic acids is 1. The van der Waals surface area contributed by atoms with Gasteiger partial charge in [0.2, 0.25) is 0 Å². The number of hydrogen-bond donors (Lipinski definition) is 3. The Morgan fingerprint density at radius 1 is 1.32 bits per heavy atom. The SMILES string of the molecule is C#CCC(NC(=O)NCCCCCCSC)C(=O)O. The molecule has 3 N–H and O–H groups in total. The zero-order chi connectivity index (χ0) is 14.5. The maximum atomic E-state index is 11.4. The Bertz CT molecular complexity index is 316. The van der Waals surface area contributed by atoms with Gasteiger partial charge in [-0.1, -0.05) is 12.8 Å². The molecule has 0 aromatic carbocycles. The molecule has 0 aliphatic heterocycles. The molecule has 0 rings (SSSR count). The van der Waals surface area contributed by atoms with Crippen molar-refractivity contribution in [1.82, 2.24) is 10.6 Å². The molecule has 0 fully saturated rings. The van der Waals surface area contributed by atoms with E-state index in [1.54, 1.807) is 0 Å². The second kappa shape index (κ2) is 11.7. The van der Waals surface area contributed by atoms with Crippen LogP contribution in [0.15, 0.2) is 0 Å². The fraction of sp³-hybridized carbons (Fsp3) is 0.692. The van der Waals surface area contributed by atoms with Gasteiger partial charge < -0.3 is 15.7 Å². The van der Waals surface area contributed by atoms with Gasteiger partial charge in [0, 0.05) is 13.0 Å². The third-order valence-corrected chi connectivity index (χ3v) is 3.18. The van der Waals surface area contributed by atoms with Crippen molar-refractivity contribution in [3.63, 3.8) is 0 Å². The summed E-state index contributed by atoms with van der Waals surface area (Å²) >= 11 is 1.83. The molecular formula is C13H22N2O3S. The molecule has 0 bridgehead atoms. The Morgan fingerprint density at radius 2 is 2.00 bits per heavy atom. The first-order valence-electron chi connectivity index (χ1n) is 6.31. The number of thioether (sulfide) groups is 1. The largest absolute Gasteiger partial charge is 0.480 e. The Balaban J connectivity index is 3.63. The number of terminal acetylenes is 1. The van der Waals surface area contributed by atoms with Crippen LogP contribution in [0.2, 0.25) is 0 Å². The van der Waals surface area contributed by atoms with Crippen molar-refractivity contribution < 1.29 is 14.7 Å². The number of nitrogens with one attached hydrogen (secondary N) is 2. The van der Waals surface area contributed by atoms with Crippen LogP contribution in [0.5, 0.6) is 0 Å². The monoisotopic (exact) mass is 286 g/mol. The van der Waals surface area contributed by atoms with E-state index < -0.39 is 18.0 Å². The average Bonchev–Trinajstić information content (AvgIpc) is 2.37. The zero-order valence-corrected chi connectivity index (χ0v) is 12.1. The molecule has 0 heterocycles. The lowest BCUT2D eigenvalue weighted by Gasteiger charge is -2.12. The first-order chi connectivity index (χ1) is 9.11. The van der Waals surface area contributed by atoms with E-state index in [2.05, 4.69) is 22.8 Å². The quantitative estimate of drug-likeness (QED) is 0.422. The molecule has 0 radical (unpaired) electrons. The van der Waals surface area contributed by atoms with Gasteiger partial charge in [-0.25, -0.2) is 9.59 Å². The van der Waals surface area contributed by atoms with Gasteiger partial charge in [0.15, 0.2) is 0 Å². The summed E-state index contributed by atoms with van der Waals surface area (Å²) in [6.07, 6.45) is 11.4. The molecule has 2 amide bonds. The van der Waals surface area contributed by atoms with E-state index in [0.717, 1.165) is 19.3 Å². The van der Waals surface area contributed by atoms with Crippen molar-refractivity contribution in [2.45, 2.75) is 38.1 Å². The van der Waals surface area contributed by atoms with Gasteiger partial charge in [-0.2, -0.15) is 11.8 Å². The lowest BCUT2D eigenvalue weighted by atomic mass is 10.2. The van der Waals surface area contributed by atoms with Gasteiger partial charge in [-0.15, -0.1) is 12.3 Å². The van der Waals surface area contributed by atoms with Gasteiger partial charge in [-0.05, 0) is 24.9 Å². The van der Waals surface area contributed by atoms with Gasteiger partial charge in [-0.3, -0.25) is 0 Å². The minimum Gasteiger partial charge on any atom is -0.480 e. The molecule has 0 aliphatic carbocycles. The first kappa shape index (κ1) is 17.6. The zero-order valence-electron chi connectivity index (χ0n) is 11.3. The smallest absolute Gasteiger partial charge is 0.327 e. The Labute approximate surface area is 118 Å². The molecule has 19 heavy (non-hydrogen) atoms. The average molecular weight is 286 g/mol. The van der Waals surface area contributed by atoms with Crippen LogP contribution < -0.4 is 10.6 Å². The molecule has 0 saturated heterocycles. The Hall–Kier alpha value is -1.35. The van der Waals surface area contributed by atoms with E-state index >= 15 is 0 Å². The van der Waals surface area contributed by atoms with Gasteiger partial charge in [0.05, 0.1) is 0 Å². The van der Waals surface area contributed by atoms with Crippen molar-refractivity contribution in [1.29, 1.82) is 0 Å². The summed E-state index contributed by atoms with van der Waals surface area (Å²) < 4.78 is 0. The van der Waals surface area contributed by atoms with Crippen molar-refractivity contribution >= 4 is 23.8 Å². The van der Waals surface area contributed by atoms with Crippen LogP contribution in [0.1, 0.15) is 32.1 Å². The van der Waals surface area contributed by atoms with E-state index in [9.17, 15) is 9.59 Å². The molecule has 0 aromatic rings. The number of carbonyl (C=O) groups excluding carboxylic acids is 1. The van der Waals surface area contributed by atoms with Crippen LogP contribution in [0.3, 0.4) is 0 Å².